The van der Waals surface area contributed by atoms with E-state index in [9.17, 15) is 17.2 Å². The average molecular weight is 791 g/mol. The Morgan fingerprint density at radius 3 is 1.39 bits per heavy atom. The van der Waals surface area contributed by atoms with Crippen LogP contribution in [0.25, 0.3) is 0 Å². The summed E-state index contributed by atoms with van der Waals surface area (Å²) in [7, 11) is 0. The molecule has 57 heavy (non-hydrogen) atoms. The Kier molecular flexibility index (Phi) is 13.6. The van der Waals surface area contributed by atoms with Crippen LogP contribution in [0.3, 0.4) is 0 Å². The normalized spacial score (nSPS) is 36.9. The van der Waals surface area contributed by atoms with Crippen LogP contribution in [0, 0.1) is 46.3 Å². The van der Waals surface area contributed by atoms with E-state index < -0.39 is 22.4 Å². The molecule has 8 aliphatic rings. The van der Waals surface area contributed by atoms with Gasteiger partial charge in [0.05, 0.1) is 16.9 Å². The molecule has 8 fully saturated rings. The van der Waals surface area contributed by atoms with Gasteiger partial charge in [-0.15, -0.1) is 0 Å². The van der Waals surface area contributed by atoms with Crippen molar-refractivity contribution in [3.05, 3.63) is 0 Å². The van der Waals surface area contributed by atoms with Gasteiger partial charge in [-0.25, -0.2) is 0 Å². The Hall–Kier alpha value is -0.240. The fourth-order valence-electron chi connectivity index (χ4n) is 16.5. The summed E-state index contributed by atoms with van der Waals surface area (Å²) >= 11 is 0. The maximum Gasteiger partial charge on any atom is 0.0965 e. The van der Waals surface area contributed by atoms with Gasteiger partial charge in [-0.3, -0.25) is 10.6 Å². The van der Waals surface area contributed by atoms with Crippen LogP contribution in [0.2, 0.25) is 0 Å². The molecule has 0 radical (unpaired) electrons. The molecule has 6 heteroatoms. The predicted octanol–water partition coefficient (Wildman–Crippen LogP) is 11.0. The largest absolute Gasteiger partial charge is 0.324 e. The maximum absolute atomic E-state index is 9.66. The highest BCUT2D eigenvalue weighted by molar-refractivity contribution is 5.45. The molecule has 6 nitrogen and oxygen atoms in total. The van der Waals surface area contributed by atoms with Crippen LogP contribution in [0.15, 0.2) is 0 Å². The topological polar surface area (TPSA) is 114 Å². The third-order valence-corrected chi connectivity index (χ3v) is 19.3. The fourth-order valence-corrected chi connectivity index (χ4v) is 16.5. The number of unbranched alkanes of at least 4 members (excludes halogenated alkanes) is 5. The Balaban J connectivity index is 1.54. The van der Waals surface area contributed by atoms with Gasteiger partial charge in [-0.1, -0.05) is 124 Å². The predicted molar refractivity (Wildman–Crippen MR) is 241 cm³/mol. The van der Waals surface area contributed by atoms with Crippen LogP contribution in [0.4, 0.5) is 0 Å². The van der Waals surface area contributed by atoms with Crippen molar-refractivity contribution in [2.45, 2.75) is 267 Å². The Morgan fingerprint density at radius 2 is 0.947 bits per heavy atom. The SMILES string of the molecule is CCCCCC1(CCCCC)C(N)(NC2CCCC2)C(NC2CC2)(C2CCC2)C(N)(NCCCC)C(C2CCCCC2)(C2CCCCC2)C1(N)C(C1CC1)C1CC1. The van der Waals surface area contributed by atoms with Gasteiger partial charge in [0, 0.05) is 28.5 Å². The standard InChI is InChI=1S/C51H94N6/c1-4-7-18-35-46(36-19-8-5-2)48(52,45(38-29-30-38)39-31-32-39)47(40-21-12-10-13-22-40,41-23-14-11-15-24-41)51(54,55-37-9-6-3)49(42-25-20-26-42,56-44-33-34-44)50(46,53)57-43-27-16-17-28-43/h38-45,55-57H,4-37,52-54H2,1-3H3. The van der Waals surface area contributed by atoms with Gasteiger partial charge in [0.1, 0.15) is 0 Å². The van der Waals surface area contributed by atoms with Gasteiger partial charge >= 0.3 is 0 Å². The first-order chi connectivity index (χ1) is 27.7. The van der Waals surface area contributed by atoms with Crippen molar-refractivity contribution in [1.82, 2.24) is 16.0 Å². The molecule has 0 amide bonds. The first-order valence-corrected chi connectivity index (χ1v) is 26.4. The summed E-state index contributed by atoms with van der Waals surface area (Å²) in [6.45, 7) is 8.21. The monoisotopic (exact) mass is 791 g/mol. The van der Waals surface area contributed by atoms with E-state index in [1.165, 1.54) is 205 Å². The van der Waals surface area contributed by atoms with E-state index in [-0.39, 0.29) is 10.8 Å². The molecule has 8 aliphatic carbocycles. The minimum Gasteiger partial charge on any atom is -0.324 e. The maximum atomic E-state index is 9.66. The minimum absolute atomic E-state index is 0.249. The molecule has 0 aromatic heterocycles. The molecule has 8 rings (SSSR count). The molecule has 4 atom stereocenters. The third-order valence-electron chi connectivity index (χ3n) is 19.3. The molecule has 0 aliphatic heterocycles. The summed E-state index contributed by atoms with van der Waals surface area (Å²) in [5.74, 6) is 3.49. The lowest BCUT2D eigenvalue weighted by Crippen LogP contribution is -3.06. The summed E-state index contributed by atoms with van der Waals surface area (Å²) in [5.41, 5.74) is 25.4. The van der Waals surface area contributed by atoms with Crippen molar-refractivity contribution in [3.63, 3.8) is 0 Å². The van der Waals surface area contributed by atoms with Gasteiger partial charge in [0.2, 0.25) is 0 Å². The molecule has 0 saturated heterocycles. The van der Waals surface area contributed by atoms with E-state index in [2.05, 4.69) is 26.1 Å². The molecule has 0 spiro atoms. The number of hydrogen-bond donors (Lipinski definition) is 6. The van der Waals surface area contributed by atoms with Crippen LogP contribution in [0.5, 0.6) is 0 Å². The van der Waals surface area contributed by atoms with E-state index in [0.717, 1.165) is 24.8 Å². The molecule has 328 valence electrons. The molecule has 9 N–H and O–H groups in total. The summed E-state index contributed by atoms with van der Waals surface area (Å²) < 4.78 is 0. The van der Waals surface area contributed by atoms with Crippen molar-refractivity contribution in [1.29, 1.82) is 0 Å². The Morgan fingerprint density at radius 1 is 0.474 bits per heavy atom. The lowest BCUT2D eigenvalue weighted by molar-refractivity contribution is -0.312. The zero-order valence-corrected chi connectivity index (χ0v) is 37.9. The van der Waals surface area contributed by atoms with Crippen molar-refractivity contribution >= 4 is 0 Å². The highest BCUT2D eigenvalue weighted by atomic mass is 15.4. The van der Waals surface area contributed by atoms with Crippen LogP contribution >= 0.6 is 0 Å². The van der Waals surface area contributed by atoms with Crippen LogP contribution in [0.1, 0.15) is 233 Å². The summed E-state index contributed by atoms with van der Waals surface area (Å²) in [6.07, 6.45) is 42.5. The van der Waals surface area contributed by atoms with E-state index in [0.29, 0.717) is 35.8 Å². The molecular weight excluding hydrogens is 697 g/mol. The average Bonchev–Trinajstić information content (AvgIpc) is 4.10. The van der Waals surface area contributed by atoms with E-state index in [1.807, 2.05) is 0 Å². The van der Waals surface area contributed by atoms with Crippen LogP contribution in [-0.2, 0) is 0 Å². The van der Waals surface area contributed by atoms with Gasteiger partial charge < -0.3 is 22.5 Å². The molecular formula is C51H94N6. The fraction of sp³-hybridized carbons (Fsp3) is 1.00. The first-order valence-electron chi connectivity index (χ1n) is 26.4. The van der Waals surface area contributed by atoms with Crippen molar-refractivity contribution in [2.75, 3.05) is 6.54 Å². The second-order valence-corrected chi connectivity index (χ2v) is 22.5. The summed E-state index contributed by atoms with van der Waals surface area (Å²) in [4.78, 5) is 0. The lowest BCUT2D eigenvalue weighted by Gasteiger charge is -2.85. The number of rotatable bonds is 22. The van der Waals surface area contributed by atoms with E-state index in [1.54, 1.807) is 0 Å². The lowest BCUT2D eigenvalue weighted by atomic mass is 9.26. The molecule has 4 unspecified atom stereocenters. The number of nitrogens with one attached hydrogen (secondary N) is 3. The van der Waals surface area contributed by atoms with Crippen molar-refractivity contribution < 1.29 is 0 Å². The second kappa shape index (κ2) is 17.9. The minimum atomic E-state index is -0.734. The molecule has 8 saturated carbocycles. The van der Waals surface area contributed by atoms with Gasteiger partial charge in [-0.05, 0) is 151 Å². The van der Waals surface area contributed by atoms with Gasteiger partial charge in [-0.2, -0.15) is 0 Å². The van der Waals surface area contributed by atoms with Crippen molar-refractivity contribution in [2.24, 2.45) is 63.5 Å². The molecule has 0 heterocycles. The molecule has 0 aromatic carbocycles. The highest BCUT2D eigenvalue weighted by Gasteiger charge is 2.90. The summed E-state index contributed by atoms with van der Waals surface area (Å²) in [6, 6.07) is 0.940. The highest BCUT2D eigenvalue weighted by Crippen LogP contribution is 2.79. The smallest absolute Gasteiger partial charge is 0.0965 e. The van der Waals surface area contributed by atoms with E-state index >= 15 is 0 Å². The zero-order valence-electron chi connectivity index (χ0n) is 37.9. The van der Waals surface area contributed by atoms with Crippen LogP contribution in [-0.4, -0.2) is 41.0 Å². The van der Waals surface area contributed by atoms with Crippen LogP contribution < -0.4 is 33.2 Å². The third kappa shape index (κ3) is 7.00. The zero-order chi connectivity index (χ0) is 39.8. The summed E-state index contributed by atoms with van der Waals surface area (Å²) in [5, 5.41) is 14.2. The second-order valence-electron chi connectivity index (χ2n) is 22.5. The molecule has 0 aromatic rings. The van der Waals surface area contributed by atoms with Crippen molar-refractivity contribution in [3.8, 4) is 0 Å². The van der Waals surface area contributed by atoms with Gasteiger partial charge in [0.25, 0.3) is 0 Å². The first kappa shape index (κ1) is 43.4. The van der Waals surface area contributed by atoms with E-state index in [4.69, 9.17) is 10.6 Å². The molecule has 0 bridgehead atoms. The quantitative estimate of drug-likeness (QED) is 0.0481. The Bertz CT molecular complexity index is 1230. The number of nitrogens with two attached hydrogens (primary N) is 3. The number of hydrogen-bond acceptors (Lipinski definition) is 6. The Labute approximate surface area is 352 Å². The van der Waals surface area contributed by atoms with Gasteiger partial charge in [0.15, 0.2) is 0 Å².